The van der Waals surface area contributed by atoms with Crippen molar-refractivity contribution in [3.05, 3.63) is 52.1 Å². The van der Waals surface area contributed by atoms with E-state index in [1.165, 1.54) is 11.3 Å². The first-order chi connectivity index (χ1) is 12.1. The number of rotatable bonds is 6. The standard InChI is InChI=1S/C19H19ClO3S2/c1-3-22-18(21)11-13-10-15(12-4-6-14(24-2)7-5-12)23-19(13)16-8-9-17(20)25-16/h4-6,8-10,14H,3,7,11H2,1-2H3. The molecule has 6 heteroatoms. The maximum absolute atomic E-state index is 12.0. The maximum atomic E-state index is 12.0. The molecule has 3 rings (SSSR count). The summed E-state index contributed by atoms with van der Waals surface area (Å²) in [5, 5.41) is 0.508. The van der Waals surface area contributed by atoms with Gasteiger partial charge in [0, 0.05) is 16.4 Å². The highest BCUT2D eigenvalue weighted by Crippen LogP contribution is 2.38. The molecule has 2 aromatic heterocycles. The average molecular weight is 395 g/mol. The van der Waals surface area contributed by atoms with Crippen molar-refractivity contribution in [2.24, 2.45) is 0 Å². The second-order valence-electron chi connectivity index (χ2n) is 5.58. The van der Waals surface area contributed by atoms with Crippen LogP contribution in [-0.2, 0) is 16.0 Å². The van der Waals surface area contributed by atoms with Crippen molar-refractivity contribution in [3.8, 4) is 10.6 Å². The highest BCUT2D eigenvalue weighted by molar-refractivity contribution is 7.99. The molecule has 3 nitrogen and oxygen atoms in total. The van der Waals surface area contributed by atoms with E-state index in [1.807, 2.05) is 30.0 Å². The predicted octanol–water partition coefficient (Wildman–Crippen LogP) is 5.84. The summed E-state index contributed by atoms with van der Waals surface area (Å²) in [4.78, 5) is 12.9. The average Bonchev–Trinajstić information content (AvgIpc) is 3.21. The summed E-state index contributed by atoms with van der Waals surface area (Å²) in [6, 6.07) is 5.69. The maximum Gasteiger partial charge on any atom is 0.310 e. The van der Waals surface area contributed by atoms with E-state index in [1.54, 1.807) is 6.92 Å². The number of allylic oxidation sites excluding steroid dienone is 3. The number of thioether (sulfide) groups is 1. The van der Waals surface area contributed by atoms with Crippen molar-refractivity contribution < 1.29 is 13.9 Å². The molecule has 0 bridgehead atoms. The summed E-state index contributed by atoms with van der Waals surface area (Å²) in [5.74, 6) is 1.21. The van der Waals surface area contributed by atoms with Crippen LogP contribution < -0.4 is 0 Å². The Balaban J connectivity index is 1.93. The minimum absolute atomic E-state index is 0.187. The van der Waals surface area contributed by atoms with Crippen LogP contribution in [0.25, 0.3) is 16.2 Å². The first kappa shape index (κ1) is 18.4. The molecule has 1 aliphatic carbocycles. The molecule has 0 fully saturated rings. The number of halogens is 1. The van der Waals surface area contributed by atoms with E-state index in [4.69, 9.17) is 20.8 Å². The van der Waals surface area contributed by atoms with Gasteiger partial charge in [-0.05, 0) is 37.8 Å². The number of carbonyl (C=O) groups excluding carboxylic acids is 1. The molecule has 1 atom stereocenters. The number of thiophene rings is 1. The van der Waals surface area contributed by atoms with Crippen LogP contribution in [0.5, 0.6) is 0 Å². The first-order valence-electron chi connectivity index (χ1n) is 8.06. The Morgan fingerprint density at radius 1 is 1.48 bits per heavy atom. The largest absolute Gasteiger partial charge is 0.466 e. The molecule has 0 amide bonds. The predicted molar refractivity (Wildman–Crippen MR) is 106 cm³/mol. The lowest BCUT2D eigenvalue weighted by Crippen LogP contribution is -2.07. The Morgan fingerprint density at radius 3 is 2.92 bits per heavy atom. The molecule has 2 heterocycles. The van der Waals surface area contributed by atoms with Crippen molar-refractivity contribution in [2.75, 3.05) is 12.9 Å². The fourth-order valence-electron chi connectivity index (χ4n) is 2.67. The summed E-state index contributed by atoms with van der Waals surface area (Å²) in [6.07, 6.45) is 9.72. The zero-order valence-corrected chi connectivity index (χ0v) is 16.5. The van der Waals surface area contributed by atoms with Gasteiger partial charge in [-0.3, -0.25) is 4.79 Å². The minimum Gasteiger partial charge on any atom is -0.466 e. The lowest BCUT2D eigenvalue weighted by molar-refractivity contribution is -0.142. The van der Waals surface area contributed by atoms with Crippen molar-refractivity contribution in [1.82, 2.24) is 0 Å². The molecule has 1 aliphatic rings. The van der Waals surface area contributed by atoms with E-state index in [9.17, 15) is 4.79 Å². The molecule has 0 saturated heterocycles. The lowest BCUT2D eigenvalue weighted by atomic mass is 10.0. The SMILES string of the molecule is CCOC(=O)Cc1cc(C2=CCC(SC)C=C2)oc1-c1ccc(Cl)s1. The molecule has 0 aromatic carbocycles. The summed E-state index contributed by atoms with van der Waals surface area (Å²) < 4.78 is 11.9. The number of hydrogen-bond acceptors (Lipinski definition) is 5. The summed E-state index contributed by atoms with van der Waals surface area (Å²) >= 11 is 9.33. The van der Waals surface area contributed by atoms with Gasteiger partial charge >= 0.3 is 5.97 Å². The van der Waals surface area contributed by atoms with Crippen LogP contribution in [-0.4, -0.2) is 24.1 Å². The molecule has 0 aliphatic heterocycles. The molecule has 2 aromatic rings. The Kier molecular flexibility index (Phi) is 6.10. The van der Waals surface area contributed by atoms with Gasteiger partial charge in [-0.2, -0.15) is 11.8 Å². The molecular formula is C19H19ClO3S2. The van der Waals surface area contributed by atoms with Gasteiger partial charge in [-0.25, -0.2) is 0 Å². The van der Waals surface area contributed by atoms with E-state index in [-0.39, 0.29) is 12.4 Å². The third kappa shape index (κ3) is 4.40. The monoisotopic (exact) mass is 394 g/mol. The molecule has 0 spiro atoms. The van der Waals surface area contributed by atoms with Gasteiger partial charge in [0.15, 0.2) is 0 Å². The fraction of sp³-hybridized carbons (Fsp3) is 0.316. The van der Waals surface area contributed by atoms with Crippen LogP contribution in [0.15, 0.2) is 40.8 Å². The molecule has 1 unspecified atom stereocenters. The van der Waals surface area contributed by atoms with Gasteiger partial charge in [-0.15, -0.1) is 11.3 Å². The van der Waals surface area contributed by atoms with E-state index in [0.29, 0.717) is 22.0 Å². The van der Waals surface area contributed by atoms with Crippen molar-refractivity contribution in [2.45, 2.75) is 25.0 Å². The second-order valence-corrected chi connectivity index (χ2v) is 8.37. The number of ether oxygens (including phenoxy) is 1. The third-order valence-electron chi connectivity index (χ3n) is 3.89. The third-order valence-corrected chi connectivity index (χ3v) is 6.08. The normalized spacial score (nSPS) is 16.8. The lowest BCUT2D eigenvalue weighted by Gasteiger charge is -2.12. The fourth-order valence-corrected chi connectivity index (χ4v) is 4.26. The quantitative estimate of drug-likeness (QED) is 0.577. The number of carbonyl (C=O) groups is 1. The molecular weight excluding hydrogens is 376 g/mol. The zero-order valence-electron chi connectivity index (χ0n) is 14.1. The van der Waals surface area contributed by atoms with Gasteiger partial charge in [0.25, 0.3) is 0 Å². The van der Waals surface area contributed by atoms with Crippen molar-refractivity contribution >= 4 is 46.2 Å². The second kappa shape index (κ2) is 8.30. The van der Waals surface area contributed by atoms with Gasteiger partial charge in [-0.1, -0.05) is 29.8 Å². The Morgan fingerprint density at radius 2 is 2.32 bits per heavy atom. The summed E-state index contributed by atoms with van der Waals surface area (Å²) in [7, 11) is 0. The number of furan rings is 1. The molecule has 25 heavy (non-hydrogen) atoms. The summed E-state index contributed by atoms with van der Waals surface area (Å²) in [5.41, 5.74) is 1.87. The molecule has 132 valence electrons. The summed E-state index contributed by atoms with van der Waals surface area (Å²) in [6.45, 7) is 2.17. The number of hydrogen-bond donors (Lipinski definition) is 0. The zero-order chi connectivity index (χ0) is 17.8. The van der Waals surface area contributed by atoms with E-state index >= 15 is 0 Å². The highest BCUT2D eigenvalue weighted by atomic mass is 35.5. The first-order valence-corrected chi connectivity index (χ1v) is 10.5. The van der Waals surface area contributed by atoms with Gasteiger partial charge in [0.05, 0.1) is 22.2 Å². The van der Waals surface area contributed by atoms with E-state index < -0.39 is 0 Å². The number of esters is 1. The van der Waals surface area contributed by atoms with Crippen LogP contribution in [0.3, 0.4) is 0 Å². The van der Waals surface area contributed by atoms with Crippen LogP contribution in [0.4, 0.5) is 0 Å². The Labute approximate surface area is 160 Å². The molecule has 0 saturated carbocycles. The topological polar surface area (TPSA) is 39.4 Å². The van der Waals surface area contributed by atoms with Crippen LogP contribution in [0.2, 0.25) is 4.34 Å². The van der Waals surface area contributed by atoms with Crippen LogP contribution in [0.1, 0.15) is 24.7 Å². The molecule has 0 N–H and O–H groups in total. The van der Waals surface area contributed by atoms with Crippen molar-refractivity contribution in [1.29, 1.82) is 0 Å². The van der Waals surface area contributed by atoms with E-state index in [2.05, 4.69) is 24.5 Å². The van der Waals surface area contributed by atoms with Gasteiger partial charge < -0.3 is 9.15 Å². The van der Waals surface area contributed by atoms with E-state index in [0.717, 1.165) is 28.2 Å². The Bertz CT molecular complexity index is 817. The van der Waals surface area contributed by atoms with Crippen LogP contribution in [0, 0.1) is 0 Å². The van der Waals surface area contributed by atoms with Gasteiger partial charge in [0.1, 0.15) is 11.5 Å². The Hall–Kier alpha value is -1.43. The van der Waals surface area contributed by atoms with Crippen molar-refractivity contribution in [3.63, 3.8) is 0 Å². The molecule has 0 radical (unpaired) electrons. The van der Waals surface area contributed by atoms with Gasteiger partial charge in [0.2, 0.25) is 0 Å². The smallest absolute Gasteiger partial charge is 0.310 e. The van der Waals surface area contributed by atoms with Crippen LogP contribution >= 0.6 is 34.7 Å². The highest BCUT2D eigenvalue weighted by Gasteiger charge is 2.20. The minimum atomic E-state index is -0.255.